The van der Waals surface area contributed by atoms with Crippen LogP contribution in [0, 0.1) is 23.7 Å². The molecule has 0 spiro atoms. The first kappa shape index (κ1) is 75.4. The van der Waals surface area contributed by atoms with Crippen molar-refractivity contribution in [1.29, 1.82) is 0 Å². The van der Waals surface area contributed by atoms with Crippen LogP contribution in [0.5, 0.6) is 0 Å². The van der Waals surface area contributed by atoms with E-state index < -0.39 is 35.4 Å². The zero-order valence-corrected chi connectivity index (χ0v) is 61.0. The predicted molar refractivity (Wildman–Crippen MR) is 407 cm³/mol. The van der Waals surface area contributed by atoms with Gasteiger partial charge in [-0.25, -0.2) is 48.7 Å². The van der Waals surface area contributed by atoms with E-state index in [1.54, 1.807) is 47.8 Å². The number of piperazine rings is 2. The average Bonchev–Trinajstić information content (AvgIpc) is 1.46. The molecule has 12 aromatic heterocycles. The average molecular weight is 1500 g/mol. The molecule has 0 aromatic carbocycles. The Morgan fingerprint density at radius 2 is 0.826 bits per heavy atom. The molecule has 32 heteroatoms. The van der Waals surface area contributed by atoms with Crippen molar-refractivity contribution in [3.8, 4) is 45.6 Å². The number of nitrogens with zero attached hydrogens (tertiary/aromatic N) is 16. The first-order chi connectivity index (χ1) is 52.3. The van der Waals surface area contributed by atoms with E-state index in [-0.39, 0.29) is 48.6 Å². The Morgan fingerprint density at radius 1 is 0.440 bits per heavy atom. The Hall–Kier alpha value is -10.4. The summed E-state index contributed by atoms with van der Waals surface area (Å²) in [6.45, 7) is 16.3. The number of fused-ring (bicyclic) bond motifs is 6. The number of hydrogen-bond donors (Lipinski definition) is 8. The molecule has 3 unspecified atom stereocenters. The van der Waals surface area contributed by atoms with Crippen molar-refractivity contribution in [3.05, 3.63) is 145 Å². The number of anilines is 4. The largest absolute Gasteiger partial charge is 0.418 e. The predicted octanol–water partition coefficient (Wildman–Crippen LogP) is 13.5. The molecule has 0 amide bonds. The van der Waals surface area contributed by atoms with E-state index in [2.05, 4.69) is 148 Å². The molecule has 0 radical (unpaired) electrons. The quantitative estimate of drug-likeness (QED) is 0.0469. The standard InChI is InChI=1S/2C20H26N6.C19H19F5N6.C18H17F3N6.H2/c2*1-13(2)11-14-12-26(10-8-16(14)21)18-7-3-6-17(23-18)19-15-5-4-9-22-20(15)25-24-19;1-18(20,21)9-11-10-30(8-7-25-11)14-5-4-13(19(22,23)24)16(27-14)15-12-3-2-6-26-17(12)29-28-15;19-18(20,21)13-5-6-14(27-8-10-3-4-11(9-27)23-10)24-16(13)15-12-2-1-7-22-17(12)26-25-15;/h2*3-7,9,13-14,16H,8,10-12,21H2,1-2H3,(H,22,24,25);2-6,11,25H,7-10H2,1H3,(H,26,28,29);1-2,5-7,10-11,23H,3-4,8-9H2,(H,22,25,26);1H/t2*14-,16+;;;/m10.../s1. The van der Waals surface area contributed by atoms with Crippen LogP contribution in [0.4, 0.5) is 58.4 Å². The van der Waals surface area contributed by atoms with Crippen LogP contribution in [0.25, 0.3) is 89.7 Å². The minimum absolute atomic E-state index is 0. The van der Waals surface area contributed by atoms with Gasteiger partial charge in [0.15, 0.2) is 22.6 Å². The van der Waals surface area contributed by atoms with Crippen LogP contribution in [0.2, 0.25) is 0 Å². The summed E-state index contributed by atoms with van der Waals surface area (Å²) >= 11 is 0. The fourth-order valence-corrected chi connectivity index (χ4v) is 15.5. The van der Waals surface area contributed by atoms with E-state index >= 15 is 0 Å². The molecule has 17 heterocycles. The van der Waals surface area contributed by atoms with Crippen LogP contribution >= 0.6 is 0 Å². The van der Waals surface area contributed by atoms with Gasteiger partial charge in [-0.05, 0) is 166 Å². The third kappa shape index (κ3) is 17.5. The Balaban J connectivity index is 0.000000129. The summed E-state index contributed by atoms with van der Waals surface area (Å²) in [6, 6.07) is 32.5. The van der Waals surface area contributed by atoms with E-state index in [1.807, 2.05) is 36.4 Å². The topological polar surface area (TPSA) is 307 Å². The third-order valence-electron chi connectivity index (χ3n) is 20.7. The normalized spacial score (nSPS) is 20.5. The highest BCUT2D eigenvalue weighted by Gasteiger charge is 2.40. The van der Waals surface area contributed by atoms with Gasteiger partial charge in [0.05, 0.1) is 45.3 Å². The molecule has 12 aromatic rings. The molecule has 17 rings (SSSR count). The van der Waals surface area contributed by atoms with Crippen molar-refractivity contribution >= 4 is 67.4 Å². The second kappa shape index (κ2) is 32.0. The Kier molecular flexibility index (Phi) is 22.1. The highest BCUT2D eigenvalue weighted by Crippen LogP contribution is 2.42. The van der Waals surface area contributed by atoms with Gasteiger partial charge in [0.2, 0.25) is 5.92 Å². The van der Waals surface area contributed by atoms with Crippen LogP contribution in [0.3, 0.4) is 0 Å². The molecule has 0 aliphatic carbocycles. The number of pyridine rings is 8. The van der Waals surface area contributed by atoms with Crippen molar-refractivity contribution in [2.75, 3.05) is 78.5 Å². The lowest BCUT2D eigenvalue weighted by Gasteiger charge is -2.38. The van der Waals surface area contributed by atoms with E-state index in [4.69, 9.17) is 21.4 Å². The lowest BCUT2D eigenvalue weighted by atomic mass is 9.86. The summed E-state index contributed by atoms with van der Waals surface area (Å²) < 4.78 is 109. The number of aromatic amines is 4. The lowest BCUT2D eigenvalue weighted by Crippen LogP contribution is -2.52. The fraction of sp³-hybridized carbons (Fsp3) is 0.429. The van der Waals surface area contributed by atoms with Crippen molar-refractivity contribution in [2.24, 2.45) is 35.1 Å². The number of nitrogens with two attached hydrogens (primary N) is 2. The van der Waals surface area contributed by atoms with Gasteiger partial charge >= 0.3 is 12.4 Å². The molecule has 109 heavy (non-hydrogen) atoms. The maximum atomic E-state index is 13.7. The van der Waals surface area contributed by atoms with E-state index in [1.165, 1.54) is 18.3 Å². The Bertz CT molecular complexity index is 4920. The third-order valence-corrected chi connectivity index (χ3v) is 20.7. The molecule has 7 atom stereocenters. The van der Waals surface area contributed by atoms with Gasteiger partial charge in [-0.15, -0.1) is 0 Å². The first-order valence-electron chi connectivity index (χ1n) is 37.0. The van der Waals surface area contributed by atoms with Crippen LogP contribution in [0.15, 0.2) is 134 Å². The summed E-state index contributed by atoms with van der Waals surface area (Å²) in [7, 11) is 0. The molecule has 5 saturated heterocycles. The van der Waals surface area contributed by atoms with Crippen LogP contribution in [0.1, 0.15) is 92.1 Å². The van der Waals surface area contributed by atoms with Crippen molar-refractivity contribution in [3.63, 3.8) is 0 Å². The molecular formula is C77H90F8N24. The molecule has 0 saturated carbocycles. The summed E-state index contributed by atoms with van der Waals surface area (Å²) in [6.07, 6.45) is 3.57. The van der Waals surface area contributed by atoms with Crippen LogP contribution in [-0.2, 0) is 12.4 Å². The van der Waals surface area contributed by atoms with E-state index in [9.17, 15) is 35.1 Å². The summed E-state index contributed by atoms with van der Waals surface area (Å²) in [4.78, 5) is 43.8. The minimum atomic E-state index is -4.63. The number of rotatable bonds is 14. The maximum absolute atomic E-state index is 13.7. The van der Waals surface area contributed by atoms with Crippen molar-refractivity contribution in [1.82, 2.24) is 91.3 Å². The van der Waals surface area contributed by atoms with Gasteiger partial charge in [-0.3, -0.25) is 20.4 Å². The number of H-pyrrole nitrogens is 4. The van der Waals surface area contributed by atoms with Crippen LogP contribution < -0.4 is 41.7 Å². The highest BCUT2D eigenvalue weighted by atomic mass is 19.4. The lowest BCUT2D eigenvalue weighted by molar-refractivity contribution is -0.138. The summed E-state index contributed by atoms with van der Waals surface area (Å²) in [5, 5.41) is 37.5. The zero-order chi connectivity index (χ0) is 76.3. The maximum Gasteiger partial charge on any atom is 0.418 e. The molecule has 24 nitrogen and oxygen atoms in total. The van der Waals surface area contributed by atoms with E-state index in [0.29, 0.717) is 83.2 Å². The minimum Gasteiger partial charge on any atom is -0.356 e. The molecule has 5 fully saturated rings. The van der Waals surface area contributed by atoms with E-state index in [0.717, 1.165) is 153 Å². The number of nitrogens with one attached hydrogen (secondary N) is 6. The molecule has 2 bridgehead atoms. The van der Waals surface area contributed by atoms with Crippen LogP contribution in [-0.4, -0.2) is 176 Å². The Morgan fingerprint density at radius 3 is 1.23 bits per heavy atom. The second-order valence-electron chi connectivity index (χ2n) is 29.8. The smallest absolute Gasteiger partial charge is 0.356 e. The molecular weight excluding hydrogens is 1410 g/mol. The first-order valence-corrected chi connectivity index (χ1v) is 37.0. The highest BCUT2D eigenvalue weighted by molar-refractivity contribution is 5.93. The van der Waals surface area contributed by atoms with Gasteiger partial charge in [-0.1, -0.05) is 39.8 Å². The zero-order valence-electron chi connectivity index (χ0n) is 61.0. The van der Waals surface area contributed by atoms with Crippen molar-refractivity contribution < 1.29 is 36.5 Å². The fourth-order valence-electron chi connectivity index (χ4n) is 15.5. The SMILES string of the molecule is CC(C)C[C@@H]1CN(c2cccc(-c3[nH]nc4ncccc34)n2)CC[C@@H]1N.CC(C)C[C@H]1CN(c2cccc(-c3[nH]nc4ncccc34)n2)CC[C@H]1N.CC(F)(F)CC1CN(c2ccc(C(F)(F)F)c(-c3[nH]nc4ncccc34)n2)CCN1.FC(F)(F)c1ccc(N2CC3CCC(C2)N3)nc1-c1[nH]nc2ncccc12.[HH]. The van der Waals surface area contributed by atoms with Gasteiger partial charge in [0.1, 0.15) is 34.7 Å². The number of aromatic nitrogens is 16. The number of piperidine rings is 2. The Labute approximate surface area is 625 Å². The molecule has 10 N–H and O–H groups in total. The monoisotopic (exact) mass is 1500 g/mol. The molecule has 5 aliphatic heterocycles. The van der Waals surface area contributed by atoms with Gasteiger partial charge in [-0.2, -0.15) is 46.7 Å². The second-order valence-corrected chi connectivity index (χ2v) is 29.8. The van der Waals surface area contributed by atoms with Gasteiger partial charge < -0.3 is 41.7 Å². The molecule has 574 valence electrons. The number of alkyl halides is 8. The van der Waals surface area contributed by atoms with Gasteiger partial charge in [0.25, 0.3) is 0 Å². The summed E-state index contributed by atoms with van der Waals surface area (Å²) in [5.74, 6) is 2.38. The summed E-state index contributed by atoms with van der Waals surface area (Å²) in [5.41, 5.74) is 16.7. The molecule has 5 aliphatic rings. The van der Waals surface area contributed by atoms with Crippen molar-refractivity contribution in [2.45, 2.75) is 128 Å². The number of hydrogen-bond acceptors (Lipinski definition) is 20. The number of halogens is 8. The van der Waals surface area contributed by atoms with Gasteiger partial charge in [0, 0.05) is 143 Å².